The van der Waals surface area contributed by atoms with Crippen molar-refractivity contribution in [1.82, 2.24) is 0 Å². The van der Waals surface area contributed by atoms with Crippen LogP contribution in [-0.2, 0) is 4.74 Å². The van der Waals surface area contributed by atoms with E-state index in [9.17, 15) is 0 Å². The number of hydrogen-bond acceptors (Lipinski definition) is 3. The molecule has 1 aromatic rings. The molecule has 0 fully saturated rings. The van der Waals surface area contributed by atoms with E-state index in [1.165, 1.54) is 0 Å². The van der Waals surface area contributed by atoms with Crippen LogP contribution in [-0.4, -0.2) is 18.2 Å². The number of alkyl halides is 1. The lowest BCUT2D eigenvalue weighted by atomic mass is 10.1. The molecule has 100 valence electrons. The molecule has 1 heterocycles. The fourth-order valence-electron chi connectivity index (χ4n) is 1.94. The molecule has 1 aliphatic rings. The van der Waals surface area contributed by atoms with Crippen molar-refractivity contribution in [2.75, 3.05) is 13.4 Å². The number of hydrogen-bond donors (Lipinski definition) is 0. The molecule has 0 saturated heterocycles. The molecule has 0 bridgehead atoms. The molecule has 18 heavy (non-hydrogen) atoms. The summed E-state index contributed by atoms with van der Waals surface area (Å²) in [7, 11) is 0. The molecule has 0 radical (unpaired) electrons. The van der Waals surface area contributed by atoms with Crippen LogP contribution in [0.15, 0.2) is 18.2 Å². The molecule has 4 heteroatoms. The van der Waals surface area contributed by atoms with Gasteiger partial charge < -0.3 is 14.2 Å². The van der Waals surface area contributed by atoms with Gasteiger partial charge in [0.15, 0.2) is 11.5 Å². The maximum atomic E-state index is 5.95. The second-order valence-electron chi connectivity index (χ2n) is 4.44. The van der Waals surface area contributed by atoms with Crippen LogP contribution < -0.4 is 9.47 Å². The first-order valence-corrected chi connectivity index (χ1v) is 7.29. The van der Waals surface area contributed by atoms with E-state index < -0.39 is 0 Å². The Morgan fingerprint density at radius 2 is 2.11 bits per heavy atom. The number of benzene rings is 1. The lowest BCUT2D eigenvalue weighted by molar-refractivity contribution is 0.0530. The Bertz CT molecular complexity index is 393. The monoisotopic (exact) mass is 314 g/mol. The van der Waals surface area contributed by atoms with E-state index >= 15 is 0 Å². The zero-order valence-electron chi connectivity index (χ0n) is 10.8. The number of rotatable bonds is 6. The van der Waals surface area contributed by atoms with Crippen molar-refractivity contribution in [2.45, 2.75) is 37.6 Å². The van der Waals surface area contributed by atoms with Crippen LogP contribution in [0.25, 0.3) is 0 Å². The van der Waals surface area contributed by atoms with Gasteiger partial charge in [-0.25, -0.2) is 0 Å². The van der Waals surface area contributed by atoms with Crippen LogP contribution in [0.2, 0.25) is 0 Å². The summed E-state index contributed by atoms with van der Waals surface area (Å²) >= 11 is 3.61. The van der Waals surface area contributed by atoms with Crippen molar-refractivity contribution < 1.29 is 14.2 Å². The van der Waals surface area contributed by atoms with Gasteiger partial charge in [-0.2, -0.15) is 0 Å². The highest BCUT2D eigenvalue weighted by atomic mass is 79.9. The van der Waals surface area contributed by atoms with Crippen LogP contribution in [0.5, 0.6) is 11.5 Å². The molecule has 2 rings (SSSR count). The minimum atomic E-state index is 0.0473. The highest BCUT2D eigenvalue weighted by molar-refractivity contribution is 9.09. The zero-order valence-corrected chi connectivity index (χ0v) is 12.4. The fourth-order valence-corrected chi connectivity index (χ4v) is 2.40. The van der Waals surface area contributed by atoms with Crippen LogP contribution in [0.1, 0.15) is 38.4 Å². The number of ether oxygens (including phenoxy) is 3. The molecule has 0 N–H and O–H groups in total. The fraction of sp³-hybridized carbons (Fsp3) is 0.571. The lowest BCUT2D eigenvalue weighted by Crippen LogP contribution is -2.14. The molecule has 2 unspecified atom stereocenters. The largest absolute Gasteiger partial charge is 0.454 e. The molecule has 0 spiro atoms. The van der Waals surface area contributed by atoms with E-state index in [2.05, 4.69) is 29.8 Å². The van der Waals surface area contributed by atoms with Gasteiger partial charge in [-0.15, -0.1) is 0 Å². The zero-order chi connectivity index (χ0) is 13.0. The predicted molar refractivity (Wildman–Crippen MR) is 74.6 cm³/mol. The first-order valence-electron chi connectivity index (χ1n) is 6.37. The van der Waals surface area contributed by atoms with E-state index in [1.54, 1.807) is 0 Å². The Kier molecular flexibility index (Phi) is 4.89. The maximum Gasteiger partial charge on any atom is 0.231 e. The maximum absolute atomic E-state index is 5.95. The summed E-state index contributed by atoms with van der Waals surface area (Å²) in [5.74, 6) is 1.62. The van der Waals surface area contributed by atoms with Gasteiger partial charge in [-0.05, 0) is 31.0 Å². The lowest BCUT2D eigenvalue weighted by Gasteiger charge is -2.21. The molecule has 3 nitrogen and oxygen atoms in total. The number of unbranched alkanes of at least 4 members (excludes halogenated alkanes) is 1. The Balaban J connectivity index is 2.10. The SMILES string of the molecule is CCCCOC(c1ccc2c(c1)OCO2)C(C)Br. The standard InChI is InChI=1S/C14H19BrO3/c1-3-4-7-16-14(10(2)15)11-5-6-12-13(8-11)18-9-17-12/h5-6,8,10,14H,3-4,7,9H2,1-2H3. The van der Waals surface area contributed by atoms with Gasteiger partial charge in [0, 0.05) is 11.4 Å². The van der Waals surface area contributed by atoms with Gasteiger partial charge in [0.25, 0.3) is 0 Å². The molecule has 0 saturated carbocycles. The van der Waals surface area contributed by atoms with Gasteiger partial charge in [0.2, 0.25) is 6.79 Å². The molecule has 0 aromatic heterocycles. The Hall–Kier alpha value is -0.740. The first kappa shape index (κ1) is 13.7. The van der Waals surface area contributed by atoms with Gasteiger partial charge in [-0.3, -0.25) is 0 Å². The molecule has 1 aromatic carbocycles. The quantitative estimate of drug-likeness (QED) is 0.585. The Morgan fingerprint density at radius 3 is 2.83 bits per heavy atom. The molecule has 2 atom stereocenters. The average molecular weight is 315 g/mol. The third-order valence-corrected chi connectivity index (χ3v) is 3.42. The number of halogens is 1. The summed E-state index contributed by atoms with van der Waals surface area (Å²) in [4.78, 5) is 0.259. The first-order chi connectivity index (χ1) is 8.72. The Morgan fingerprint density at radius 1 is 1.33 bits per heavy atom. The second kappa shape index (κ2) is 6.43. The average Bonchev–Trinajstić information content (AvgIpc) is 2.81. The summed E-state index contributed by atoms with van der Waals surface area (Å²) in [5, 5.41) is 0. The summed E-state index contributed by atoms with van der Waals surface area (Å²) in [5.41, 5.74) is 1.12. The minimum Gasteiger partial charge on any atom is -0.454 e. The summed E-state index contributed by atoms with van der Waals surface area (Å²) in [6.45, 7) is 5.35. The highest BCUT2D eigenvalue weighted by Crippen LogP contribution is 2.36. The van der Waals surface area contributed by atoms with Crippen LogP contribution >= 0.6 is 15.9 Å². The Labute approximate surface area is 117 Å². The van der Waals surface area contributed by atoms with Crippen molar-refractivity contribution in [3.05, 3.63) is 23.8 Å². The van der Waals surface area contributed by atoms with Crippen molar-refractivity contribution in [3.63, 3.8) is 0 Å². The third-order valence-electron chi connectivity index (χ3n) is 2.94. The smallest absolute Gasteiger partial charge is 0.231 e. The van der Waals surface area contributed by atoms with Crippen molar-refractivity contribution in [2.24, 2.45) is 0 Å². The van der Waals surface area contributed by atoms with E-state index in [4.69, 9.17) is 14.2 Å². The van der Waals surface area contributed by atoms with Crippen LogP contribution in [0.4, 0.5) is 0 Å². The summed E-state index contributed by atoms with van der Waals surface area (Å²) < 4.78 is 16.7. The topological polar surface area (TPSA) is 27.7 Å². The normalized spacial score (nSPS) is 16.6. The molecular formula is C14H19BrO3. The van der Waals surface area contributed by atoms with Crippen molar-refractivity contribution >= 4 is 15.9 Å². The van der Waals surface area contributed by atoms with E-state index in [-0.39, 0.29) is 10.9 Å². The second-order valence-corrected chi connectivity index (χ2v) is 5.88. The molecule has 0 amide bonds. The third kappa shape index (κ3) is 3.18. The molecule has 1 aliphatic heterocycles. The highest BCUT2D eigenvalue weighted by Gasteiger charge is 2.21. The minimum absolute atomic E-state index is 0.0473. The summed E-state index contributed by atoms with van der Waals surface area (Å²) in [6.07, 6.45) is 2.27. The van der Waals surface area contributed by atoms with Crippen molar-refractivity contribution in [3.8, 4) is 11.5 Å². The summed E-state index contributed by atoms with van der Waals surface area (Å²) in [6, 6.07) is 6.00. The van der Waals surface area contributed by atoms with E-state index in [0.717, 1.165) is 36.5 Å². The van der Waals surface area contributed by atoms with Gasteiger partial charge in [-0.1, -0.05) is 35.3 Å². The van der Waals surface area contributed by atoms with Crippen LogP contribution in [0, 0.1) is 0 Å². The van der Waals surface area contributed by atoms with Gasteiger partial charge in [0.1, 0.15) is 0 Å². The van der Waals surface area contributed by atoms with E-state index in [1.807, 2.05) is 18.2 Å². The van der Waals surface area contributed by atoms with Gasteiger partial charge >= 0.3 is 0 Å². The molecule has 0 aliphatic carbocycles. The van der Waals surface area contributed by atoms with Crippen LogP contribution in [0.3, 0.4) is 0 Å². The van der Waals surface area contributed by atoms with Gasteiger partial charge in [0.05, 0.1) is 6.10 Å². The van der Waals surface area contributed by atoms with Crippen molar-refractivity contribution in [1.29, 1.82) is 0 Å². The van der Waals surface area contributed by atoms with E-state index in [0.29, 0.717) is 6.79 Å². The predicted octanol–water partition coefficient (Wildman–Crippen LogP) is 4.06. The number of fused-ring (bicyclic) bond motifs is 1. The molecular weight excluding hydrogens is 296 g/mol.